The normalized spacial score (nSPS) is 16.2. The van der Waals surface area contributed by atoms with Gasteiger partial charge in [-0.1, -0.05) is 18.2 Å². The monoisotopic (exact) mass is 418 g/mol. The van der Waals surface area contributed by atoms with Crippen LogP contribution in [0.3, 0.4) is 0 Å². The Morgan fingerprint density at radius 3 is 2.57 bits per heavy atom. The van der Waals surface area contributed by atoms with Gasteiger partial charge in [-0.25, -0.2) is 4.98 Å². The third kappa shape index (κ3) is 5.95. The molecule has 1 amide bonds. The summed E-state index contributed by atoms with van der Waals surface area (Å²) in [6.45, 7) is 1.11. The Bertz CT molecular complexity index is 749. The van der Waals surface area contributed by atoms with Crippen LogP contribution < -0.4 is 10.6 Å². The van der Waals surface area contributed by atoms with E-state index in [2.05, 4.69) is 15.6 Å². The van der Waals surface area contributed by atoms with Crippen LogP contribution in [0.25, 0.3) is 11.5 Å². The molecule has 10 heteroatoms. The fraction of sp³-hybridized carbons (Fsp3) is 0.444. The van der Waals surface area contributed by atoms with Gasteiger partial charge in [0.2, 0.25) is 11.8 Å². The lowest BCUT2D eigenvalue weighted by Gasteiger charge is -2.35. The second-order valence-electron chi connectivity index (χ2n) is 6.33. The molecule has 1 saturated heterocycles. The van der Waals surface area contributed by atoms with E-state index in [1.54, 1.807) is 0 Å². The summed E-state index contributed by atoms with van der Waals surface area (Å²) in [5.41, 5.74) is 1.14. The van der Waals surface area contributed by atoms with E-state index in [9.17, 15) is 18.0 Å². The Labute approximate surface area is 166 Å². The van der Waals surface area contributed by atoms with Crippen LogP contribution in [0.5, 0.6) is 0 Å². The maximum Gasteiger partial charge on any atom is 0.405 e. The minimum atomic E-state index is -4.40. The molecular weight excluding hydrogens is 397 g/mol. The summed E-state index contributed by atoms with van der Waals surface area (Å²) >= 11 is 0. The highest BCUT2D eigenvalue weighted by molar-refractivity contribution is 5.85. The first-order valence-electron chi connectivity index (χ1n) is 8.71. The Morgan fingerprint density at radius 1 is 1.25 bits per heavy atom. The van der Waals surface area contributed by atoms with Crippen LogP contribution in [0, 0.1) is 0 Å². The Balaban J connectivity index is 0.00000280. The summed E-state index contributed by atoms with van der Waals surface area (Å²) in [6, 6.07) is 7.46. The molecule has 3 rings (SSSR count). The predicted molar refractivity (Wildman–Crippen MR) is 100 cm³/mol. The van der Waals surface area contributed by atoms with E-state index in [1.807, 2.05) is 30.3 Å². The van der Waals surface area contributed by atoms with Crippen LogP contribution in [0.2, 0.25) is 0 Å². The van der Waals surface area contributed by atoms with Gasteiger partial charge in [-0.2, -0.15) is 13.2 Å². The maximum absolute atomic E-state index is 13.3. The summed E-state index contributed by atoms with van der Waals surface area (Å²) in [5.74, 6) is -0.153. The minimum absolute atomic E-state index is 0. The van der Waals surface area contributed by atoms with E-state index in [1.165, 1.54) is 11.2 Å². The van der Waals surface area contributed by atoms with Crippen molar-refractivity contribution in [3.8, 4) is 11.5 Å². The molecule has 1 aromatic carbocycles. The van der Waals surface area contributed by atoms with Crippen LogP contribution in [0.15, 0.2) is 41.0 Å². The Morgan fingerprint density at radius 2 is 1.93 bits per heavy atom. The number of amides is 1. The molecule has 2 N–H and O–H groups in total. The summed E-state index contributed by atoms with van der Waals surface area (Å²) in [7, 11) is 0. The standard InChI is InChI=1S/C18H21F3N4O2.ClH/c19-18(20,21)15(25-8-6-22-7-9-25)11-23-16(26)10-14-12-27-17(24-14)13-4-2-1-3-5-13;/h1-5,12,15,22H,6-11H2,(H,23,26);1H. The van der Waals surface area contributed by atoms with Gasteiger partial charge in [-0.05, 0) is 12.1 Å². The molecule has 2 heterocycles. The van der Waals surface area contributed by atoms with Gasteiger partial charge >= 0.3 is 6.18 Å². The molecule has 1 atom stereocenters. The van der Waals surface area contributed by atoms with E-state index in [4.69, 9.17) is 4.42 Å². The van der Waals surface area contributed by atoms with E-state index in [0.717, 1.165) is 5.56 Å². The van der Waals surface area contributed by atoms with Crippen molar-refractivity contribution in [3.63, 3.8) is 0 Å². The summed E-state index contributed by atoms with van der Waals surface area (Å²) < 4.78 is 45.3. The van der Waals surface area contributed by atoms with Crippen molar-refractivity contribution in [2.24, 2.45) is 0 Å². The van der Waals surface area contributed by atoms with Gasteiger partial charge in [0.1, 0.15) is 12.3 Å². The zero-order chi connectivity index (χ0) is 19.3. The van der Waals surface area contributed by atoms with Gasteiger partial charge in [0.25, 0.3) is 0 Å². The van der Waals surface area contributed by atoms with Crippen molar-refractivity contribution in [1.82, 2.24) is 20.5 Å². The molecule has 0 spiro atoms. The van der Waals surface area contributed by atoms with Crippen LogP contribution in [0.1, 0.15) is 5.69 Å². The summed E-state index contributed by atoms with van der Waals surface area (Å²) in [6.07, 6.45) is -3.19. The number of carbonyl (C=O) groups excluding carboxylic acids is 1. The van der Waals surface area contributed by atoms with Crippen molar-refractivity contribution in [1.29, 1.82) is 0 Å². The van der Waals surface area contributed by atoms with Gasteiger partial charge in [0.05, 0.1) is 12.1 Å². The largest absolute Gasteiger partial charge is 0.444 e. The van der Waals surface area contributed by atoms with Crippen molar-refractivity contribution < 1.29 is 22.4 Å². The van der Waals surface area contributed by atoms with Crippen LogP contribution in [0.4, 0.5) is 13.2 Å². The number of hydrogen-bond donors (Lipinski definition) is 2. The second kappa shape index (κ2) is 9.90. The van der Waals surface area contributed by atoms with Gasteiger partial charge < -0.3 is 15.1 Å². The Hall–Kier alpha value is -2.10. The highest BCUT2D eigenvalue weighted by Gasteiger charge is 2.43. The van der Waals surface area contributed by atoms with Crippen molar-refractivity contribution >= 4 is 18.3 Å². The highest BCUT2D eigenvalue weighted by Crippen LogP contribution is 2.25. The molecule has 6 nitrogen and oxygen atoms in total. The average molecular weight is 419 g/mol. The van der Waals surface area contributed by atoms with Crippen LogP contribution in [-0.2, 0) is 11.2 Å². The molecule has 0 saturated carbocycles. The van der Waals surface area contributed by atoms with Gasteiger partial charge in [-0.15, -0.1) is 12.4 Å². The van der Waals surface area contributed by atoms with Gasteiger partial charge in [-0.3, -0.25) is 9.69 Å². The number of halogens is 4. The average Bonchev–Trinajstić information content (AvgIpc) is 3.11. The lowest BCUT2D eigenvalue weighted by molar-refractivity contribution is -0.184. The van der Waals surface area contributed by atoms with E-state index >= 15 is 0 Å². The number of rotatable bonds is 6. The fourth-order valence-electron chi connectivity index (χ4n) is 2.98. The molecule has 0 radical (unpaired) electrons. The lowest BCUT2D eigenvalue weighted by Crippen LogP contribution is -2.57. The van der Waals surface area contributed by atoms with E-state index in [-0.39, 0.29) is 18.8 Å². The van der Waals surface area contributed by atoms with Crippen LogP contribution in [-0.4, -0.2) is 60.7 Å². The first-order valence-corrected chi connectivity index (χ1v) is 8.71. The molecule has 1 aliphatic rings. The number of aromatic nitrogens is 1. The molecule has 28 heavy (non-hydrogen) atoms. The topological polar surface area (TPSA) is 70.4 Å². The number of nitrogens with zero attached hydrogens (tertiary/aromatic N) is 2. The third-order valence-corrected chi connectivity index (χ3v) is 4.38. The molecule has 2 aromatic rings. The smallest absolute Gasteiger partial charge is 0.405 e. The second-order valence-corrected chi connectivity index (χ2v) is 6.33. The third-order valence-electron chi connectivity index (χ3n) is 4.38. The Kier molecular flexibility index (Phi) is 7.85. The molecule has 1 aromatic heterocycles. The molecular formula is C18H22ClF3N4O2. The SMILES string of the molecule is Cl.O=C(Cc1coc(-c2ccccc2)n1)NCC(N1CCNCC1)C(F)(F)F. The number of benzene rings is 1. The number of nitrogens with one attached hydrogen (secondary N) is 2. The number of hydrogen-bond acceptors (Lipinski definition) is 5. The highest BCUT2D eigenvalue weighted by atomic mass is 35.5. The predicted octanol–water partition coefficient (Wildman–Crippen LogP) is 2.26. The first kappa shape index (κ1) is 22.2. The molecule has 0 aliphatic carbocycles. The maximum atomic E-state index is 13.3. The lowest BCUT2D eigenvalue weighted by atomic mass is 10.2. The van der Waals surface area contributed by atoms with Crippen LogP contribution >= 0.6 is 12.4 Å². The number of piperazine rings is 1. The summed E-state index contributed by atoms with van der Waals surface area (Å²) in [5, 5.41) is 5.40. The fourth-order valence-corrected chi connectivity index (χ4v) is 2.98. The number of carbonyl (C=O) groups is 1. The first-order chi connectivity index (χ1) is 12.9. The van der Waals surface area contributed by atoms with Gasteiger partial charge in [0, 0.05) is 38.3 Å². The van der Waals surface area contributed by atoms with Crippen molar-refractivity contribution in [2.45, 2.75) is 18.6 Å². The molecule has 1 unspecified atom stereocenters. The summed E-state index contributed by atoms with van der Waals surface area (Å²) in [4.78, 5) is 17.6. The number of oxazole rings is 1. The van der Waals surface area contributed by atoms with E-state index < -0.39 is 24.7 Å². The molecule has 154 valence electrons. The number of alkyl halides is 3. The molecule has 1 fully saturated rings. The minimum Gasteiger partial charge on any atom is -0.444 e. The zero-order valence-electron chi connectivity index (χ0n) is 15.0. The quantitative estimate of drug-likeness (QED) is 0.753. The van der Waals surface area contributed by atoms with Crippen molar-refractivity contribution in [3.05, 3.63) is 42.3 Å². The zero-order valence-corrected chi connectivity index (χ0v) is 15.9. The molecule has 1 aliphatic heterocycles. The van der Waals surface area contributed by atoms with E-state index in [0.29, 0.717) is 37.8 Å². The van der Waals surface area contributed by atoms with Crippen molar-refractivity contribution in [2.75, 3.05) is 32.7 Å². The molecule has 0 bridgehead atoms. The van der Waals surface area contributed by atoms with Gasteiger partial charge in [0.15, 0.2) is 0 Å².